The Morgan fingerprint density at radius 2 is 2.38 bits per heavy atom. The van der Waals surface area contributed by atoms with Gasteiger partial charge in [-0.25, -0.2) is 0 Å². The zero-order valence-electron chi connectivity index (χ0n) is 7.82. The summed E-state index contributed by atoms with van der Waals surface area (Å²) in [4.78, 5) is 2.05. The number of allylic oxidation sites excluding steroid dienone is 1. The Labute approximate surface area is 79.4 Å². The average molecular weight is 173 g/mol. The molecule has 0 aromatic carbocycles. The van der Waals surface area contributed by atoms with Gasteiger partial charge in [-0.05, 0) is 18.9 Å². The molecule has 0 N–H and O–H groups in total. The fourth-order valence-corrected chi connectivity index (χ4v) is 1.62. The van der Waals surface area contributed by atoms with Crippen molar-refractivity contribution >= 4 is 19.3 Å². The monoisotopic (exact) mass is 173 g/mol. The second-order valence-corrected chi connectivity index (χ2v) is 3.38. The highest BCUT2D eigenvalue weighted by Gasteiger charge is 2.15. The first-order valence-electron chi connectivity index (χ1n) is 4.43. The van der Waals surface area contributed by atoms with E-state index in [2.05, 4.69) is 16.6 Å². The first kappa shape index (κ1) is 8.41. The topological polar surface area (TPSA) is 21.1 Å². The number of hydrogen-bond acceptors (Lipinski definition) is 2. The molecule has 2 heterocycles. The molecule has 4 heteroatoms. The number of nitrogens with zero attached hydrogens (tertiary/aromatic N) is 3. The van der Waals surface area contributed by atoms with Crippen molar-refractivity contribution in [2.45, 2.75) is 19.4 Å². The van der Waals surface area contributed by atoms with Crippen molar-refractivity contribution in [2.75, 3.05) is 11.9 Å². The summed E-state index contributed by atoms with van der Waals surface area (Å²) in [5, 5.41) is 4.21. The minimum atomic E-state index is 0.580. The van der Waals surface area contributed by atoms with Gasteiger partial charge in [-0.1, -0.05) is 6.58 Å². The second kappa shape index (κ2) is 2.94. The van der Waals surface area contributed by atoms with Gasteiger partial charge in [0, 0.05) is 24.9 Å². The van der Waals surface area contributed by atoms with E-state index in [9.17, 15) is 0 Å². The van der Waals surface area contributed by atoms with Crippen LogP contribution in [0.4, 0.5) is 5.82 Å². The average Bonchev–Trinajstić information content (AvgIpc) is 2.40. The molecule has 0 spiro atoms. The summed E-state index contributed by atoms with van der Waals surface area (Å²) >= 11 is 0. The molecule has 0 atom stereocenters. The molecule has 1 aromatic rings. The second-order valence-electron chi connectivity index (χ2n) is 3.38. The van der Waals surface area contributed by atoms with Gasteiger partial charge in [-0.15, -0.1) is 0 Å². The van der Waals surface area contributed by atoms with E-state index in [1.54, 1.807) is 0 Å². The maximum atomic E-state index is 5.63. The molecular weight excluding hydrogens is 161 g/mol. The molecule has 0 fully saturated rings. The largest absolute Gasteiger partial charge is 0.334 e. The van der Waals surface area contributed by atoms with Crippen molar-refractivity contribution in [3.8, 4) is 0 Å². The van der Waals surface area contributed by atoms with Crippen molar-refractivity contribution < 1.29 is 0 Å². The molecule has 0 unspecified atom stereocenters. The Morgan fingerprint density at radius 1 is 1.62 bits per heavy atom. The molecule has 1 aromatic heterocycles. The SMILES string of the molecule is [B]c1cc2n(n1)CCCC(=C)N2C. The van der Waals surface area contributed by atoms with Crippen LogP contribution in [0.25, 0.3) is 0 Å². The van der Waals surface area contributed by atoms with E-state index in [1.807, 2.05) is 17.8 Å². The summed E-state index contributed by atoms with van der Waals surface area (Å²) in [5.74, 6) is 1.04. The van der Waals surface area contributed by atoms with Gasteiger partial charge < -0.3 is 4.90 Å². The first-order valence-corrected chi connectivity index (χ1v) is 4.43. The van der Waals surface area contributed by atoms with E-state index in [4.69, 9.17) is 7.85 Å². The van der Waals surface area contributed by atoms with E-state index < -0.39 is 0 Å². The maximum absolute atomic E-state index is 5.63. The number of hydrogen-bond donors (Lipinski definition) is 0. The molecule has 66 valence electrons. The summed E-state index contributed by atoms with van der Waals surface area (Å²) in [6.07, 6.45) is 2.11. The number of anilines is 1. The van der Waals surface area contributed by atoms with Crippen LogP contribution in [-0.4, -0.2) is 24.7 Å². The molecule has 2 rings (SSSR count). The van der Waals surface area contributed by atoms with Gasteiger partial charge in [0.05, 0.1) is 0 Å². The Morgan fingerprint density at radius 3 is 3.15 bits per heavy atom. The van der Waals surface area contributed by atoms with Crippen LogP contribution >= 0.6 is 0 Å². The molecule has 13 heavy (non-hydrogen) atoms. The predicted molar refractivity (Wildman–Crippen MR) is 54.4 cm³/mol. The van der Waals surface area contributed by atoms with Crippen molar-refractivity contribution in [2.24, 2.45) is 0 Å². The summed E-state index contributed by atoms with van der Waals surface area (Å²) in [6, 6.07) is 1.89. The Balaban J connectivity index is 2.44. The van der Waals surface area contributed by atoms with Crippen molar-refractivity contribution in [3.63, 3.8) is 0 Å². The third-order valence-electron chi connectivity index (χ3n) is 2.43. The molecule has 0 saturated carbocycles. The van der Waals surface area contributed by atoms with Crippen LogP contribution in [0, 0.1) is 0 Å². The standard InChI is InChI=1S/C9H12BN3/c1-7-4-3-5-13-9(12(7)2)6-8(10)11-13/h6H,1,3-5H2,2H3. The van der Waals surface area contributed by atoms with Gasteiger partial charge in [-0.3, -0.25) is 4.68 Å². The molecule has 0 amide bonds. The van der Waals surface area contributed by atoms with Gasteiger partial charge in [0.2, 0.25) is 0 Å². The fourth-order valence-electron chi connectivity index (χ4n) is 1.62. The maximum Gasteiger partial charge on any atom is 0.144 e. The predicted octanol–water partition coefficient (Wildman–Crippen LogP) is 0.421. The molecule has 0 aliphatic carbocycles. The van der Waals surface area contributed by atoms with Gasteiger partial charge in [0.25, 0.3) is 0 Å². The molecule has 1 aliphatic rings. The third-order valence-corrected chi connectivity index (χ3v) is 2.43. The van der Waals surface area contributed by atoms with Crippen LogP contribution in [0.15, 0.2) is 18.3 Å². The lowest BCUT2D eigenvalue weighted by atomic mass is 10.1. The Kier molecular flexibility index (Phi) is 1.91. The third kappa shape index (κ3) is 1.36. The summed E-state index contributed by atoms with van der Waals surface area (Å²) < 4.78 is 1.94. The zero-order valence-corrected chi connectivity index (χ0v) is 7.82. The van der Waals surface area contributed by atoms with Gasteiger partial charge in [0.15, 0.2) is 0 Å². The summed E-state index contributed by atoms with van der Waals surface area (Å²) in [5.41, 5.74) is 1.70. The van der Waals surface area contributed by atoms with E-state index >= 15 is 0 Å². The highest BCUT2D eigenvalue weighted by atomic mass is 15.4. The first-order chi connectivity index (χ1) is 6.18. The highest BCUT2D eigenvalue weighted by molar-refractivity contribution is 6.30. The number of aryl methyl sites for hydroxylation is 1. The lowest BCUT2D eigenvalue weighted by Gasteiger charge is -2.18. The van der Waals surface area contributed by atoms with Gasteiger partial charge >= 0.3 is 0 Å². The van der Waals surface area contributed by atoms with Crippen LogP contribution in [0.3, 0.4) is 0 Å². The van der Waals surface area contributed by atoms with Crippen molar-refractivity contribution in [3.05, 3.63) is 18.3 Å². The van der Waals surface area contributed by atoms with Gasteiger partial charge in [0.1, 0.15) is 13.7 Å². The molecule has 3 nitrogen and oxygen atoms in total. The van der Waals surface area contributed by atoms with Crippen LogP contribution < -0.4 is 10.5 Å². The van der Waals surface area contributed by atoms with E-state index in [0.717, 1.165) is 30.9 Å². The minimum absolute atomic E-state index is 0.580. The van der Waals surface area contributed by atoms with E-state index in [0.29, 0.717) is 5.59 Å². The molecule has 0 bridgehead atoms. The quantitative estimate of drug-likeness (QED) is 0.530. The lowest BCUT2D eigenvalue weighted by Crippen LogP contribution is -2.16. The number of aromatic nitrogens is 2. The fraction of sp³-hybridized carbons (Fsp3) is 0.444. The Bertz CT molecular complexity index is 343. The lowest BCUT2D eigenvalue weighted by molar-refractivity contribution is 0.603. The molecular formula is C9H12BN3. The number of fused-ring (bicyclic) bond motifs is 1. The Hall–Kier alpha value is -1.19. The van der Waals surface area contributed by atoms with E-state index in [-0.39, 0.29) is 0 Å². The molecule has 2 radical (unpaired) electrons. The smallest absolute Gasteiger partial charge is 0.144 e. The normalized spacial score (nSPS) is 17.0. The van der Waals surface area contributed by atoms with Crippen LogP contribution in [0.5, 0.6) is 0 Å². The summed E-state index contributed by atoms with van der Waals surface area (Å²) in [7, 11) is 7.63. The number of rotatable bonds is 0. The molecule has 1 aliphatic heterocycles. The van der Waals surface area contributed by atoms with Crippen molar-refractivity contribution in [1.82, 2.24) is 9.78 Å². The zero-order chi connectivity index (χ0) is 9.42. The van der Waals surface area contributed by atoms with Gasteiger partial charge in [-0.2, -0.15) is 5.10 Å². The minimum Gasteiger partial charge on any atom is -0.334 e. The van der Waals surface area contributed by atoms with Crippen LogP contribution in [-0.2, 0) is 6.54 Å². The van der Waals surface area contributed by atoms with E-state index in [1.165, 1.54) is 0 Å². The van der Waals surface area contributed by atoms with Crippen molar-refractivity contribution in [1.29, 1.82) is 0 Å². The highest BCUT2D eigenvalue weighted by Crippen LogP contribution is 2.22. The summed E-state index contributed by atoms with van der Waals surface area (Å²) in [6.45, 7) is 4.93. The van der Waals surface area contributed by atoms with Crippen LogP contribution in [0.2, 0.25) is 0 Å². The molecule has 0 saturated heterocycles. The van der Waals surface area contributed by atoms with Crippen LogP contribution in [0.1, 0.15) is 12.8 Å².